The van der Waals surface area contributed by atoms with Crippen molar-refractivity contribution in [2.75, 3.05) is 11.9 Å². The number of para-hydroxylation sites is 2. The number of esters is 1. The van der Waals surface area contributed by atoms with Crippen molar-refractivity contribution in [3.05, 3.63) is 83.6 Å². The maximum atomic E-state index is 13.0. The maximum absolute atomic E-state index is 13.0. The van der Waals surface area contributed by atoms with Gasteiger partial charge in [-0.25, -0.2) is 4.79 Å². The number of carbonyl (C=O) groups excluding carboxylic acids is 2. The Hall–Kier alpha value is -4.19. The van der Waals surface area contributed by atoms with E-state index >= 15 is 0 Å². The van der Waals surface area contributed by atoms with E-state index in [1.54, 1.807) is 0 Å². The summed E-state index contributed by atoms with van der Waals surface area (Å²) in [6.07, 6.45) is 0.703. The number of aromatic nitrogens is 2. The summed E-state index contributed by atoms with van der Waals surface area (Å²) in [4.78, 5) is 30.4. The Bertz CT molecular complexity index is 1600. The zero-order valence-corrected chi connectivity index (χ0v) is 20.1. The van der Waals surface area contributed by atoms with Crippen LogP contribution >= 0.6 is 0 Å². The fourth-order valence-corrected chi connectivity index (χ4v) is 4.84. The molecule has 2 heterocycles. The van der Waals surface area contributed by atoms with E-state index in [9.17, 15) is 9.59 Å². The number of pyridine rings is 1. The second-order valence-electron chi connectivity index (χ2n) is 8.55. The predicted octanol–water partition coefficient (Wildman–Crippen LogP) is 6.03. The van der Waals surface area contributed by atoms with E-state index in [0.717, 1.165) is 50.5 Å². The molecule has 6 heteroatoms. The van der Waals surface area contributed by atoms with Gasteiger partial charge in [0.25, 0.3) is 5.91 Å². The number of benzene rings is 3. The highest BCUT2D eigenvalue weighted by molar-refractivity contribution is 6.10. The highest BCUT2D eigenvalue weighted by Gasteiger charge is 2.20. The lowest BCUT2D eigenvalue weighted by atomic mass is 10.0. The molecule has 0 aliphatic heterocycles. The molecule has 6 nitrogen and oxygen atoms in total. The fraction of sp³-hybridized carbons (Fsp3) is 0.207. The topological polar surface area (TPSA) is 73.2 Å². The molecule has 0 aliphatic rings. The van der Waals surface area contributed by atoms with Crippen molar-refractivity contribution in [2.24, 2.45) is 0 Å². The van der Waals surface area contributed by atoms with Gasteiger partial charge in [-0.05, 0) is 56.2 Å². The molecule has 0 saturated carbocycles. The summed E-state index contributed by atoms with van der Waals surface area (Å²) in [5.41, 5.74) is 5.78. The molecule has 0 radical (unpaired) electrons. The fourth-order valence-electron chi connectivity index (χ4n) is 4.84. The van der Waals surface area contributed by atoms with E-state index in [0.29, 0.717) is 17.7 Å². The van der Waals surface area contributed by atoms with Gasteiger partial charge in [-0.15, -0.1) is 0 Å². The Morgan fingerprint density at radius 1 is 0.914 bits per heavy atom. The van der Waals surface area contributed by atoms with Gasteiger partial charge in [0.05, 0.1) is 11.1 Å². The van der Waals surface area contributed by atoms with Crippen LogP contribution in [0.3, 0.4) is 0 Å². The SMILES string of the molecule is CCc1nc2ccccc2c(C(=O)OCC(=O)Nc2ccc3c(c2)c2ccccc2n3CC)c1C. The van der Waals surface area contributed by atoms with Crippen molar-refractivity contribution >= 4 is 50.3 Å². The van der Waals surface area contributed by atoms with Gasteiger partial charge in [0, 0.05) is 45.1 Å². The molecule has 0 fully saturated rings. The summed E-state index contributed by atoms with van der Waals surface area (Å²) < 4.78 is 7.70. The number of hydrogen-bond donors (Lipinski definition) is 1. The summed E-state index contributed by atoms with van der Waals surface area (Å²) in [5.74, 6) is -0.906. The van der Waals surface area contributed by atoms with Crippen molar-refractivity contribution in [2.45, 2.75) is 33.7 Å². The van der Waals surface area contributed by atoms with Crippen molar-refractivity contribution in [3.63, 3.8) is 0 Å². The lowest BCUT2D eigenvalue weighted by molar-refractivity contribution is -0.119. The van der Waals surface area contributed by atoms with Crippen LogP contribution in [0.2, 0.25) is 0 Å². The number of carbonyl (C=O) groups is 2. The third-order valence-corrected chi connectivity index (χ3v) is 6.48. The molecular formula is C29H27N3O3. The Balaban J connectivity index is 1.36. The molecule has 3 aromatic carbocycles. The minimum atomic E-state index is -0.521. The number of ether oxygens (including phenoxy) is 1. The molecule has 5 rings (SSSR count). The minimum absolute atomic E-state index is 0.370. The van der Waals surface area contributed by atoms with Crippen LogP contribution in [-0.4, -0.2) is 28.0 Å². The van der Waals surface area contributed by atoms with Crippen molar-refractivity contribution in [1.82, 2.24) is 9.55 Å². The van der Waals surface area contributed by atoms with Gasteiger partial charge < -0.3 is 14.6 Å². The van der Waals surface area contributed by atoms with Gasteiger partial charge in [-0.2, -0.15) is 0 Å². The number of aryl methyl sites for hydroxylation is 2. The van der Waals surface area contributed by atoms with E-state index < -0.39 is 5.97 Å². The van der Waals surface area contributed by atoms with Crippen LogP contribution in [0.1, 0.15) is 35.5 Å². The molecule has 0 saturated heterocycles. The monoisotopic (exact) mass is 465 g/mol. The number of nitrogens with one attached hydrogen (secondary N) is 1. The Morgan fingerprint density at radius 2 is 1.63 bits per heavy atom. The van der Waals surface area contributed by atoms with E-state index in [2.05, 4.69) is 33.9 Å². The molecule has 5 aromatic rings. The van der Waals surface area contributed by atoms with Gasteiger partial charge in [0.2, 0.25) is 0 Å². The van der Waals surface area contributed by atoms with E-state index in [-0.39, 0.29) is 12.5 Å². The summed E-state index contributed by atoms with van der Waals surface area (Å²) >= 11 is 0. The van der Waals surface area contributed by atoms with Crippen LogP contribution in [0.25, 0.3) is 32.7 Å². The van der Waals surface area contributed by atoms with Crippen molar-refractivity contribution in [3.8, 4) is 0 Å². The van der Waals surface area contributed by atoms with Gasteiger partial charge in [0.1, 0.15) is 0 Å². The summed E-state index contributed by atoms with van der Waals surface area (Å²) in [7, 11) is 0. The average Bonchev–Trinajstić information content (AvgIpc) is 3.20. The number of anilines is 1. The molecule has 0 bridgehead atoms. The molecule has 0 unspecified atom stereocenters. The normalized spacial score (nSPS) is 11.3. The average molecular weight is 466 g/mol. The third kappa shape index (κ3) is 4.01. The van der Waals surface area contributed by atoms with Gasteiger partial charge in [0.15, 0.2) is 6.61 Å². The second kappa shape index (κ2) is 9.22. The maximum Gasteiger partial charge on any atom is 0.339 e. The molecular weight excluding hydrogens is 438 g/mol. The smallest absolute Gasteiger partial charge is 0.339 e. The number of fused-ring (bicyclic) bond motifs is 4. The van der Waals surface area contributed by atoms with E-state index in [4.69, 9.17) is 4.74 Å². The number of nitrogens with zero attached hydrogens (tertiary/aromatic N) is 2. The standard InChI is InChI=1S/C29H27N3O3/c1-4-23-18(3)28(21-11-6-8-12-24(21)31-23)29(34)35-17-27(33)30-19-14-15-26-22(16-19)20-10-7-9-13-25(20)32(26)5-2/h6-16H,4-5,17H2,1-3H3,(H,30,33). The molecule has 0 atom stereocenters. The lowest BCUT2D eigenvalue weighted by Crippen LogP contribution is -2.21. The molecule has 176 valence electrons. The van der Waals surface area contributed by atoms with Gasteiger partial charge in [-0.3, -0.25) is 9.78 Å². The Morgan fingerprint density at radius 3 is 2.40 bits per heavy atom. The van der Waals surface area contributed by atoms with Crippen LogP contribution in [0.4, 0.5) is 5.69 Å². The molecule has 0 spiro atoms. The van der Waals surface area contributed by atoms with E-state index in [1.165, 1.54) is 0 Å². The number of rotatable bonds is 6. The highest BCUT2D eigenvalue weighted by atomic mass is 16.5. The molecule has 1 amide bonds. The predicted molar refractivity (Wildman–Crippen MR) is 140 cm³/mol. The van der Waals surface area contributed by atoms with Crippen LogP contribution < -0.4 is 5.32 Å². The summed E-state index contributed by atoms with van der Waals surface area (Å²) in [6, 6.07) is 21.6. The Labute approximate surface area is 203 Å². The van der Waals surface area contributed by atoms with Crippen molar-refractivity contribution in [1.29, 1.82) is 0 Å². The first-order valence-electron chi connectivity index (χ1n) is 11.9. The third-order valence-electron chi connectivity index (χ3n) is 6.48. The first-order valence-corrected chi connectivity index (χ1v) is 11.9. The zero-order valence-electron chi connectivity index (χ0n) is 20.1. The zero-order chi connectivity index (χ0) is 24.5. The van der Waals surface area contributed by atoms with Crippen LogP contribution in [0.15, 0.2) is 66.7 Å². The van der Waals surface area contributed by atoms with Crippen LogP contribution in [-0.2, 0) is 22.5 Å². The van der Waals surface area contributed by atoms with Gasteiger partial charge in [-0.1, -0.05) is 43.3 Å². The quantitative estimate of drug-likeness (QED) is 0.311. The molecule has 2 aromatic heterocycles. The van der Waals surface area contributed by atoms with Crippen LogP contribution in [0.5, 0.6) is 0 Å². The van der Waals surface area contributed by atoms with Crippen LogP contribution in [0, 0.1) is 6.92 Å². The molecule has 35 heavy (non-hydrogen) atoms. The summed E-state index contributed by atoms with van der Waals surface area (Å²) in [6.45, 7) is 6.48. The number of hydrogen-bond acceptors (Lipinski definition) is 4. The lowest BCUT2D eigenvalue weighted by Gasteiger charge is -2.13. The molecule has 0 aliphatic carbocycles. The second-order valence-corrected chi connectivity index (χ2v) is 8.55. The highest BCUT2D eigenvalue weighted by Crippen LogP contribution is 2.31. The Kier molecular flexibility index (Phi) is 5.95. The largest absolute Gasteiger partial charge is 0.452 e. The van der Waals surface area contributed by atoms with Gasteiger partial charge >= 0.3 is 5.97 Å². The molecule has 1 N–H and O–H groups in total. The first kappa shape index (κ1) is 22.6. The van der Waals surface area contributed by atoms with E-state index in [1.807, 2.05) is 68.4 Å². The first-order chi connectivity index (χ1) is 17.0. The summed E-state index contributed by atoms with van der Waals surface area (Å²) in [5, 5.41) is 5.81. The minimum Gasteiger partial charge on any atom is -0.452 e. The number of amides is 1. The van der Waals surface area contributed by atoms with Crippen molar-refractivity contribution < 1.29 is 14.3 Å².